The number of aromatic nitrogens is 12. The summed E-state index contributed by atoms with van der Waals surface area (Å²) in [5, 5.41) is 35.0. The Morgan fingerprint density at radius 3 is 1.33 bits per heavy atom. The van der Waals surface area contributed by atoms with Gasteiger partial charge in [-0.2, -0.15) is 4.98 Å². The highest BCUT2D eigenvalue weighted by Crippen LogP contribution is 2.45. The second-order valence-corrected chi connectivity index (χ2v) is 38.5. The van der Waals surface area contributed by atoms with Gasteiger partial charge in [0.05, 0.1) is 110 Å². The Morgan fingerprint density at radius 2 is 0.877 bits per heavy atom. The maximum atomic E-state index is 6.63. The number of nitrogens with zero attached hydrogens (tertiary/aromatic N) is 13. The molecule has 734 valence electrons. The Bertz CT molecular complexity index is 6570. The molecule has 0 atom stereocenters. The summed E-state index contributed by atoms with van der Waals surface area (Å²) in [6.07, 6.45) is 9.75. The topological polar surface area (TPSA) is 317 Å². The minimum atomic E-state index is 0.0117. The lowest BCUT2D eigenvalue weighted by Gasteiger charge is -2.26. The molecular formula is C103H127Cl3N18O12S2. The van der Waals surface area contributed by atoms with Crippen LogP contribution in [0.5, 0.6) is 62.7 Å². The molecule has 35 heteroatoms. The number of benzene rings is 5. The van der Waals surface area contributed by atoms with E-state index in [0.29, 0.717) is 150 Å². The van der Waals surface area contributed by atoms with Gasteiger partial charge in [0.2, 0.25) is 0 Å². The Hall–Kier alpha value is -12.2. The number of methoxy groups -OCH3 is 3. The number of hydrogen-bond donors (Lipinski definition) is 5. The van der Waals surface area contributed by atoms with E-state index in [0.717, 1.165) is 158 Å². The van der Waals surface area contributed by atoms with Crippen LogP contribution in [0.1, 0.15) is 155 Å². The summed E-state index contributed by atoms with van der Waals surface area (Å²) in [6, 6.07) is 38.6. The van der Waals surface area contributed by atoms with Crippen LogP contribution in [0, 0.1) is 6.92 Å². The number of nitrogens with one attached hydrogen (secondary N) is 5. The first kappa shape index (κ1) is 103. The van der Waals surface area contributed by atoms with Gasteiger partial charge < -0.3 is 83.1 Å². The van der Waals surface area contributed by atoms with Crippen LogP contribution in [0.25, 0.3) is 100 Å². The van der Waals surface area contributed by atoms with Gasteiger partial charge in [-0.1, -0.05) is 60.0 Å². The summed E-state index contributed by atoms with van der Waals surface area (Å²) in [5.74, 6) is 10.2. The van der Waals surface area contributed by atoms with E-state index in [2.05, 4.69) is 112 Å². The highest BCUT2D eigenvalue weighted by Gasteiger charge is 2.27. The molecule has 1 aliphatic carbocycles. The molecule has 0 amide bonds. The van der Waals surface area contributed by atoms with Crippen molar-refractivity contribution in [2.75, 3.05) is 95.1 Å². The molecule has 0 spiro atoms. The van der Waals surface area contributed by atoms with Crippen LogP contribution < -0.4 is 78.7 Å². The number of halogens is 3. The van der Waals surface area contributed by atoms with E-state index in [9.17, 15) is 0 Å². The summed E-state index contributed by atoms with van der Waals surface area (Å²) >= 11 is 22.7. The van der Waals surface area contributed by atoms with E-state index in [1.807, 2.05) is 209 Å². The molecule has 1 saturated carbocycles. The number of ether oxygens (including phenoxy) is 11. The van der Waals surface area contributed by atoms with E-state index in [1.165, 1.54) is 11.3 Å². The number of fused-ring (bicyclic) bond motifs is 5. The van der Waals surface area contributed by atoms with Crippen LogP contribution in [0.15, 0.2) is 144 Å². The first-order chi connectivity index (χ1) is 66.3. The molecular weight excluding hydrogens is 1850 g/mol. The van der Waals surface area contributed by atoms with Crippen molar-refractivity contribution in [2.45, 2.75) is 212 Å². The van der Waals surface area contributed by atoms with Crippen LogP contribution in [0.3, 0.4) is 0 Å². The summed E-state index contributed by atoms with van der Waals surface area (Å²) in [7, 11) is 4.76. The molecule has 2 aliphatic rings. The first-order valence-corrected chi connectivity index (χ1v) is 49.8. The standard InChI is InChI=1S/C24H34N6O2.C21H24ClN3O3.C21H28N4O2.C20H24ClN3O2S.C17H17ClN2O3S/c1-17(2)26-23-7-10-30(28-23)24-16-22(32-18(3)4)20-6-5-19(15-21(20)27-24)31-14-13-29-11-8-25-9-12-29;1-4-9-26-17-8-7-14-18(28-12(2)3)10-15(24-20(14)19(17)22)16-11-27-21(25-16)23-13-5-6-13;1-6-11-26-16-7-8-17-18(12-16)23-21(13-19(17)27-15(4)5)25-10-9-20(24-25)22-14(2)3;1-10(2)22-20-24-18(12(5)27-20)14-9-16(26-11(3)4)13-7-8-15(25-6)17(21)19(13)23-14;1-9(2)23-14-7-11(12-8-24-17(20-12)22-4)19-16-10(14)5-6-13(21-3)15(16)18/h5-7,10,15-18,25H,8-9,11-14H2,1-4H3,(H,26,28);7-8,10-13H,4-6,9H2,1-3H3,(H,23,25);7-10,12-15H,6,11H2,1-5H3,(H,22,24);7-11H,1-6H3,(H,22,24);5-9H,1-4H3. The molecule has 0 unspecified atom stereocenters. The third-order valence-corrected chi connectivity index (χ3v) is 23.4. The summed E-state index contributed by atoms with van der Waals surface area (Å²) < 4.78 is 72.7. The molecule has 0 bridgehead atoms. The van der Waals surface area contributed by atoms with E-state index < -0.39 is 0 Å². The molecule has 10 aromatic heterocycles. The van der Waals surface area contributed by atoms with Gasteiger partial charge in [0.15, 0.2) is 16.8 Å². The summed E-state index contributed by atoms with van der Waals surface area (Å²) in [6.45, 7) is 45.8. The molecule has 17 rings (SSSR count). The lowest BCUT2D eigenvalue weighted by atomic mass is 10.1. The van der Waals surface area contributed by atoms with Crippen molar-refractivity contribution in [2.24, 2.45) is 0 Å². The molecule has 0 radical (unpaired) electrons. The smallest absolute Gasteiger partial charge is 0.295 e. The molecule has 1 aliphatic heterocycles. The maximum Gasteiger partial charge on any atom is 0.295 e. The van der Waals surface area contributed by atoms with Crippen molar-refractivity contribution in [1.29, 1.82) is 0 Å². The number of pyridine rings is 5. The minimum Gasteiger partial charge on any atom is -0.495 e. The van der Waals surface area contributed by atoms with Crippen LogP contribution in [-0.4, -0.2) is 193 Å². The predicted molar refractivity (Wildman–Crippen MR) is 558 cm³/mol. The summed E-state index contributed by atoms with van der Waals surface area (Å²) in [5.41, 5.74) is 7.78. The second kappa shape index (κ2) is 48.4. The number of anilines is 4. The molecule has 138 heavy (non-hydrogen) atoms. The molecule has 15 aromatic rings. The SMILES string of the molecule is CC(C)Nc1ccn(-c2cc(OC(C)C)c3ccc(OCCN4CCNCC4)cc3n2)n1.CCCOc1ccc2c(OC(C)C)cc(-c3coc(NC4CC4)n3)nc2c1Cl.CCCOc1ccc2c(OC(C)C)cc(-n3ccc(NC(C)C)n3)nc2c1.COc1ccc2c(OC(C)C)cc(-c3nc(NC(C)C)sc3C)nc2c1Cl.COc1nc(-c2cc(OC(C)C)c3ccc(OC)c(Cl)c3n2)cs1. The summed E-state index contributed by atoms with van der Waals surface area (Å²) in [4.78, 5) is 41.0. The molecule has 5 aromatic carbocycles. The lowest BCUT2D eigenvalue weighted by molar-refractivity contribution is 0.191. The quantitative estimate of drug-likeness (QED) is 0.0244. The monoisotopic (exact) mass is 1980 g/mol. The molecule has 1 saturated heterocycles. The number of thiazole rings is 2. The van der Waals surface area contributed by atoms with E-state index in [1.54, 1.807) is 48.3 Å². The third kappa shape index (κ3) is 27.7. The van der Waals surface area contributed by atoms with Gasteiger partial charge in [0, 0.05) is 161 Å². The minimum absolute atomic E-state index is 0.0117. The van der Waals surface area contributed by atoms with Gasteiger partial charge in [0.1, 0.15) is 114 Å². The zero-order valence-electron chi connectivity index (χ0n) is 82.6. The number of aryl methyl sites for hydroxylation is 1. The van der Waals surface area contributed by atoms with Crippen molar-refractivity contribution in [3.05, 3.63) is 159 Å². The third-order valence-electron chi connectivity index (χ3n) is 20.6. The van der Waals surface area contributed by atoms with Gasteiger partial charge in [-0.15, -0.1) is 21.5 Å². The predicted octanol–water partition coefficient (Wildman–Crippen LogP) is 24.6. The number of piperazine rings is 1. The molecule has 2 fully saturated rings. The molecule has 11 heterocycles. The number of rotatable bonds is 36. The Labute approximate surface area is 830 Å². The van der Waals surface area contributed by atoms with Crippen LogP contribution >= 0.6 is 57.5 Å². The van der Waals surface area contributed by atoms with Crippen LogP contribution in [0.4, 0.5) is 22.8 Å². The highest BCUT2D eigenvalue weighted by molar-refractivity contribution is 7.16. The molecule has 5 N–H and O–H groups in total. The van der Waals surface area contributed by atoms with Crippen LogP contribution in [-0.2, 0) is 0 Å². The zero-order chi connectivity index (χ0) is 98.5. The van der Waals surface area contributed by atoms with Crippen molar-refractivity contribution >= 4 is 135 Å². The average molecular weight is 1980 g/mol. The van der Waals surface area contributed by atoms with Crippen molar-refractivity contribution in [3.8, 4) is 108 Å². The van der Waals surface area contributed by atoms with Gasteiger partial charge in [-0.3, -0.25) is 4.90 Å². The maximum absolute atomic E-state index is 6.63. The van der Waals surface area contributed by atoms with E-state index in [4.69, 9.17) is 116 Å². The van der Waals surface area contributed by atoms with E-state index >= 15 is 0 Å². The largest absolute Gasteiger partial charge is 0.495 e. The Balaban J connectivity index is 0.000000146. The fourth-order valence-corrected chi connectivity index (χ4v) is 16.9. The first-order valence-electron chi connectivity index (χ1n) is 47.0. The van der Waals surface area contributed by atoms with Gasteiger partial charge in [-0.25, -0.2) is 44.3 Å². The molecule has 30 nitrogen and oxygen atoms in total. The fraction of sp³-hybridized carbons (Fsp3) is 0.417. The van der Waals surface area contributed by atoms with Crippen molar-refractivity contribution in [3.63, 3.8) is 0 Å². The highest BCUT2D eigenvalue weighted by atomic mass is 35.5. The van der Waals surface area contributed by atoms with Crippen molar-refractivity contribution < 1.29 is 56.5 Å². The Kier molecular flexibility index (Phi) is 36.2. The van der Waals surface area contributed by atoms with Gasteiger partial charge in [-0.05, 0) is 204 Å². The van der Waals surface area contributed by atoms with Gasteiger partial charge in [0.25, 0.3) is 11.2 Å². The Morgan fingerprint density at radius 1 is 0.442 bits per heavy atom. The lowest BCUT2D eigenvalue weighted by Crippen LogP contribution is -2.44. The van der Waals surface area contributed by atoms with Crippen molar-refractivity contribution in [1.82, 2.24) is 69.6 Å². The fourth-order valence-electron chi connectivity index (χ4n) is 14.5. The zero-order valence-corrected chi connectivity index (χ0v) is 86.5. The second-order valence-electron chi connectivity index (χ2n) is 35.3. The van der Waals surface area contributed by atoms with Gasteiger partial charge >= 0.3 is 0 Å². The van der Waals surface area contributed by atoms with Crippen LogP contribution in [0.2, 0.25) is 15.1 Å². The number of oxazole rings is 1. The normalized spacial score (nSPS) is 12.7. The van der Waals surface area contributed by atoms with E-state index in [-0.39, 0.29) is 30.5 Å². The average Bonchev–Trinajstić information content (AvgIpc) is 1.22. The number of hydrogen-bond acceptors (Lipinski definition) is 30.